The van der Waals surface area contributed by atoms with E-state index < -0.39 is 5.91 Å². The Morgan fingerprint density at radius 2 is 1.95 bits per heavy atom. The predicted octanol–water partition coefficient (Wildman–Crippen LogP) is 3.20. The first-order valence-electron chi connectivity index (χ1n) is 6.17. The minimum absolute atomic E-state index is 0.224. The second kappa shape index (κ2) is 6.74. The molecule has 2 aromatic carbocycles. The molecule has 0 unspecified atom stereocenters. The van der Waals surface area contributed by atoms with Crippen LogP contribution in [-0.4, -0.2) is 5.91 Å². The molecule has 5 nitrogen and oxygen atoms in total. The molecule has 102 valence electrons. The molecule has 0 fully saturated rings. The quantitative estimate of drug-likeness (QED) is 0.929. The summed E-state index contributed by atoms with van der Waals surface area (Å²) in [5, 5.41) is 20.0. The lowest BCUT2D eigenvalue weighted by atomic mass is 10.2. The number of rotatable bonds is 4. The average molecular weight is 277 g/mol. The standard InChI is InChI=1S/C16H11N3O2/c17-9-8-16(20)19-14-6-1-2-7-15(14)21-13-5-3-4-12(10-13)11-18/h1-7,10H,8H2,(H,19,20). The Bertz CT molecular complexity index is 742. The maximum Gasteiger partial charge on any atom is 0.238 e. The molecule has 0 saturated heterocycles. The third-order valence-corrected chi connectivity index (χ3v) is 2.59. The first-order valence-corrected chi connectivity index (χ1v) is 6.17. The van der Waals surface area contributed by atoms with Gasteiger partial charge in [-0.25, -0.2) is 0 Å². The highest BCUT2D eigenvalue weighted by molar-refractivity contribution is 5.93. The zero-order valence-electron chi connectivity index (χ0n) is 11.0. The van der Waals surface area contributed by atoms with Gasteiger partial charge < -0.3 is 10.1 Å². The van der Waals surface area contributed by atoms with Gasteiger partial charge in [0.1, 0.15) is 12.2 Å². The van der Waals surface area contributed by atoms with Crippen LogP contribution in [0.25, 0.3) is 0 Å². The summed E-state index contributed by atoms with van der Waals surface area (Å²) in [6.07, 6.45) is -0.224. The van der Waals surface area contributed by atoms with E-state index in [1.165, 1.54) is 0 Å². The Hall–Kier alpha value is -3.31. The average Bonchev–Trinajstić information content (AvgIpc) is 2.50. The van der Waals surface area contributed by atoms with Crippen molar-refractivity contribution in [3.63, 3.8) is 0 Å². The van der Waals surface area contributed by atoms with E-state index in [1.54, 1.807) is 54.6 Å². The molecule has 0 heterocycles. The van der Waals surface area contributed by atoms with E-state index >= 15 is 0 Å². The summed E-state index contributed by atoms with van der Waals surface area (Å²) in [5.74, 6) is 0.536. The van der Waals surface area contributed by atoms with Crippen LogP contribution in [0.4, 0.5) is 5.69 Å². The van der Waals surface area contributed by atoms with E-state index in [2.05, 4.69) is 5.32 Å². The number of carbonyl (C=O) groups excluding carboxylic acids is 1. The van der Waals surface area contributed by atoms with E-state index in [9.17, 15) is 4.79 Å². The summed E-state index contributed by atoms with van der Waals surface area (Å²) in [4.78, 5) is 11.5. The molecule has 1 N–H and O–H groups in total. The Labute approximate surface area is 122 Å². The molecular weight excluding hydrogens is 266 g/mol. The Balaban J connectivity index is 2.22. The van der Waals surface area contributed by atoms with Crippen molar-refractivity contribution in [2.24, 2.45) is 0 Å². The molecule has 0 atom stereocenters. The van der Waals surface area contributed by atoms with Crippen molar-refractivity contribution >= 4 is 11.6 Å². The van der Waals surface area contributed by atoms with Crippen molar-refractivity contribution in [1.29, 1.82) is 10.5 Å². The number of carbonyl (C=O) groups is 1. The van der Waals surface area contributed by atoms with Crippen LogP contribution >= 0.6 is 0 Å². The van der Waals surface area contributed by atoms with Crippen LogP contribution in [0.15, 0.2) is 48.5 Å². The number of nitrogens with zero attached hydrogens (tertiary/aromatic N) is 2. The molecule has 2 aromatic rings. The molecule has 21 heavy (non-hydrogen) atoms. The number of nitrogens with one attached hydrogen (secondary N) is 1. The molecule has 0 aliphatic rings. The van der Waals surface area contributed by atoms with E-state index in [1.807, 2.05) is 6.07 Å². The van der Waals surface area contributed by atoms with Crippen molar-refractivity contribution in [2.75, 3.05) is 5.32 Å². The van der Waals surface area contributed by atoms with Crippen LogP contribution in [0.2, 0.25) is 0 Å². The van der Waals surface area contributed by atoms with Gasteiger partial charge in [0.15, 0.2) is 5.75 Å². The molecular formula is C16H11N3O2. The van der Waals surface area contributed by atoms with E-state index in [0.717, 1.165) is 0 Å². The molecule has 0 spiro atoms. The SMILES string of the molecule is N#CCC(=O)Nc1ccccc1Oc1cccc(C#N)c1. The van der Waals surface area contributed by atoms with Crippen molar-refractivity contribution in [3.8, 4) is 23.6 Å². The number of anilines is 1. The van der Waals surface area contributed by atoms with Crippen LogP contribution < -0.4 is 10.1 Å². The van der Waals surface area contributed by atoms with Gasteiger partial charge in [-0.05, 0) is 30.3 Å². The van der Waals surface area contributed by atoms with E-state index in [-0.39, 0.29) is 6.42 Å². The first-order chi connectivity index (χ1) is 10.2. The van der Waals surface area contributed by atoms with Gasteiger partial charge in [-0.3, -0.25) is 4.79 Å². The lowest BCUT2D eigenvalue weighted by Gasteiger charge is -2.11. The minimum atomic E-state index is -0.403. The zero-order valence-corrected chi connectivity index (χ0v) is 11.0. The highest BCUT2D eigenvalue weighted by Gasteiger charge is 2.08. The number of para-hydroxylation sites is 2. The number of ether oxygens (including phenoxy) is 1. The maximum atomic E-state index is 11.5. The minimum Gasteiger partial charge on any atom is -0.455 e. The number of benzene rings is 2. The van der Waals surface area contributed by atoms with Gasteiger partial charge in [0.25, 0.3) is 0 Å². The molecule has 0 saturated carbocycles. The van der Waals surface area contributed by atoms with Crippen LogP contribution in [-0.2, 0) is 4.79 Å². The molecule has 0 radical (unpaired) electrons. The van der Waals surface area contributed by atoms with Crippen molar-refractivity contribution < 1.29 is 9.53 Å². The summed E-state index contributed by atoms with van der Waals surface area (Å²) >= 11 is 0. The number of hydrogen-bond acceptors (Lipinski definition) is 4. The summed E-state index contributed by atoms with van der Waals surface area (Å²) in [6.45, 7) is 0. The zero-order chi connectivity index (χ0) is 15.1. The van der Waals surface area contributed by atoms with Crippen molar-refractivity contribution in [2.45, 2.75) is 6.42 Å². The van der Waals surface area contributed by atoms with Gasteiger partial charge in [-0.2, -0.15) is 10.5 Å². The number of nitriles is 2. The highest BCUT2D eigenvalue weighted by atomic mass is 16.5. The third-order valence-electron chi connectivity index (χ3n) is 2.59. The highest BCUT2D eigenvalue weighted by Crippen LogP contribution is 2.29. The normalized spacial score (nSPS) is 9.24. The summed E-state index contributed by atoms with van der Waals surface area (Å²) in [5.41, 5.74) is 0.957. The first kappa shape index (κ1) is 14.1. The molecule has 0 aromatic heterocycles. The van der Waals surface area contributed by atoms with Crippen LogP contribution in [0.1, 0.15) is 12.0 Å². The number of hydrogen-bond donors (Lipinski definition) is 1. The van der Waals surface area contributed by atoms with Crippen LogP contribution in [0, 0.1) is 22.7 Å². The summed E-state index contributed by atoms with van der Waals surface area (Å²) in [6, 6.07) is 17.4. The Kier molecular flexibility index (Phi) is 4.53. The summed E-state index contributed by atoms with van der Waals surface area (Å²) in [7, 11) is 0. The lowest BCUT2D eigenvalue weighted by molar-refractivity contribution is -0.115. The molecule has 1 amide bonds. The summed E-state index contributed by atoms with van der Waals surface area (Å²) < 4.78 is 5.68. The van der Waals surface area contributed by atoms with E-state index in [4.69, 9.17) is 15.3 Å². The van der Waals surface area contributed by atoms with Gasteiger partial charge in [-0.15, -0.1) is 0 Å². The van der Waals surface area contributed by atoms with Crippen LogP contribution in [0.5, 0.6) is 11.5 Å². The van der Waals surface area contributed by atoms with E-state index in [0.29, 0.717) is 22.7 Å². The molecule has 0 bridgehead atoms. The number of amides is 1. The molecule has 0 aliphatic carbocycles. The fourth-order valence-corrected chi connectivity index (χ4v) is 1.68. The second-order valence-corrected chi connectivity index (χ2v) is 4.12. The second-order valence-electron chi connectivity index (χ2n) is 4.12. The molecule has 5 heteroatoms. The van der Waals surface area contributed by atoms with Gasteiger partial charge in [0.05, 0.1) is 23.4 Å². The van der Waals surface area contributed by atoms with Crippen molar-refractivity contribution in [1.82, 2.24) is 0 Å². The lowest BCUT2D eigenvalue weighted by Crippen LogP contribution is -2.10. The maximum absolute atomic E-state index is 11.5. The fraction of sp³-hybridized carbons (Fsp3) is 0.0625. The van der Waals surface area contributed by atoms with Gasteiger partial charge >= 0.3 is 0 Å². The smallest absolute Gasteiger partial charge is 0.238 e. The Morgan fingerprint density at radius 3 is 2.71 bits per heavy atom. The monoisotopic (exact) mass is 277 g/mol. The molecule has 2 rings (SSSR count). The topological polar surface area (TPSA) is 85.9 Å². The van der Waals surface area contributed by atoms with Gasteiger partial charge in [0.2, 0.25) is 5.91 Å². The van der Waals surface area contributed by atoms with Crippen LogP contribution in [0.3, 0.4) is 0 Å². The van der Waals surface area contributed by atoms with Crippen molar-refractivity contribution in [3.05, 3.63) is 54.1 Å². The largest absolute Gasteiger partial charge is 0.455 e. The Morgan fingerprint density at radius 1 is 1.14 bits per heavy atom. The predicted molar refractivity (Wildman–Crippen MR) is 76.5 cm³/mol. The van der Waals surface area contributed by atoms with Gasteiger partial charge in [0, 0.05) is 0 Å². The van der Waals surface area contributed by atoms with Gasteiger partial charge in [-0.1, -0.05) is 18.2 Å². The third kappa shape index (κ3) is 3.82. The fourth-order valence-electron chi connectivity index (χ4n) is 1.68. The molecule has 0 aliphatic heterocycles.